The number of carbonyl (C=O) groups excluding carboxylic acids is 4. The van der Waals surface area contributed by atoms with Crippen molar-refractivity contribution < 1.29 is 90.8 Å². The first kappa shape index (κ1) is 40.8. The Balaban J connectivity index is 1.92. The third-order valence-electron chi connectivity index (χ3n) is 7.04. The molecule has 24 heteroatoms. The van der Waals surface area contributed by atoms with E-state index < -0.39 is 142 Å². The van der Waals surface area contributed by atoms with Crippen LogP contribution in [0, 0.1) is 0 Å². The van der Waals surface area contributed by atoms with Crippen molar-refractivity contribution in [2.24, 2.45) is 0 Å². The third-order valence-corrected chi connectivity index (χ3v) is 7.04. The molecule has 2 N–H and O–H groups in total. The Hall–Kier alpha value is -6.36. The zero-order valence-electron chi connectivity index (χ0n) is 27.1. The van der Waals surface area contributed by atoms with Crippen LogP contribution >= 0.6 is 0 Å². The molecule has 0 spiro atoms. The van der Waals surface area contributed by atoms with Gasteiger partial charge < -0.3 is 28.9 Å². The number of aromatic nitrogens is 4. The number of esters is 4. The van der Waals surface area contributed by atoms with Crippen LogP contribution in [0.2, 0.25) is 0 Å². The van der Waals surface area contributed by atoms with E-state index in [1.165, 1.54) is 0 Å². The van der Waals surface area contributed by atoms with Crippen LogP contribution in [-0.4, -0.2) is 94.9 Å². The van der Waals surface area contributed by atoms with E-state index in [0.29, 0.717) is 0 Å². The second kappa shape index (κ2) is 15.1. The van der Waals surface area contributed by atoms with E-state index in [2.05, 4.69) is 38.9 Å². The summed E-state index contributed by atoms with van der Waals surface area (Å²) in [6, 6.07) is 3.70. The van der Waals surface area contributed by atoms with Crippen molar-refractivity contribution in [1.82, 2.24) is 19.9 Å². The van der Waals surface area contributed by atoms with Crippen LogP contribution in [0.4, 0.5) is 52.7 Å². The lowest BCUT2D eigenvalue weighted by molar-refractivity contribution is -0.161. The molecule has 0 amide bonds. The zero-order chi connectivity index (χ0) is 41.4. The molecule has 0 saturated carbocycles. The molecular weight excluding hydrogens is 796 g/mol. The number of H-pyrrole nitrogens is 2. The van der Waals surface area contributed by atoms with Crippen LogP contribution < -0.4 is 0 Å². The number of hydrogen-bond acceptors (Lipinski definition) is 10. The second-order valence-corrected chi connectivity index (χ2v) is 11.3. The van der Waals surface area contributed by atoms with E-state index in [0.717, 1.165) is 48.6 Å². The van der Waals surface area contributed by atoms with Gasteiger partial charge in [0.2, 0.25) is 0 Å². The van der Waals surface area contributed by atoms with Crippen molar-refractivity contribution in [3.63, 3.8) is 0 Å². The number of ether oxygens (including phenoxy) is 4. The highest BCUT2D eigenvalue weighted by molar-refractivity contribution is 6.08. The van der Waals surface area contributed by atoms with Crippen LogP contribution in [0.25, 0.3) is 46.4 Å². The number of aromatic amines is 2. The number of alkyl halides is 12. The van der Waals surface area contributed by atoms with Gasteiger partial charge in [0.05, 0.1) is 44.8 Å². The summed E-state index contributed by atoms with van der Waals surface area (Å²) in [6.45, 7) is -8.63. The maximum atomic E-state index is 13.2. The summed E-state index contributed by atoms with van der Waals surface area (Å²) < 4.78 is 174. The molecule has 0 aliphatic carbocycles. The Kier molecular flexibility index (Phi) is 11.0. The Morgan fingerprint density at radius 1 is 0.411 bits per heavy atom. The largest absolute Gasteiger partial charge is 0.452 e. The first-order valence-corrected chi connectivity index (χ1v) is 15.0. The second-order valence-electron chi connectivity index (χ2n) is 11.3. The molecule has 0 saturated heterocycles. The monoisotopic (exact) mass is 814 g/mol. The first-order chi connectivity index (χ1) is 25.9. The molecule has 5 heterocycles. The zero-order valence-corrected chi connectivity index (χ0v) is 27.1. The summed E-state index contributed by atoms with van der Waals surface area (Å²) >= 11 is 0. The minimum absolute atomic E-state index is 0.515. The van der Waals surface area contributed by atoms with Crippen molar-refractivity contribution in [2.45, 2.75) is 24.7 Å². The van der Waals surface area contributed by atoms with Gasteiger partial charge in [-0.25, -0.2) is 29.1 Å². The molecule has 56 heavy (non-hydrogen) atoms. The van der Waals surface area contributed by atoms with Gasteiger partial charge in [-0.2, -0.15) is 52.7 Å². The molecule has 3 aromatic heterocycles. The molecule has 5 rings (SSSR count). The van der Waals surface area contributed by atoms with Crippen molar-refractivity contribution in [3.05, 3.63) is 69.3 Å². The number of hydrogen-bond donors (Lipinski definition) is 2. The van der Waals surface area contributed by atoms with Gasteiger partial charge in [-0.05, 0) is 48.6 Å². The van der Waals surface area contributed by atoms with Crippen LogP contribution in [0.5, 0.6) is 0 Å². The fraction of sp³-hybridized carbons (Fsp3) is 0.250. The van der Waals surface area contributed by atoms with Crippen molar-refractivity contribution in [2.75, 3.05) is 26.4 Å². The standard InChI is InChI=1S/C32H18F12N4O8/c33-29(34,35)9-53-25(49)21-13-1-2-14(45-13)22(26(50)54-10-30(36,37)38)16-5-6-18(47-16)24(28(52)56-12-32(42,43)44)20-8-7-19(48-20)23(17-4-3-15(21)46-17)27(51)55-11-31(39,40)41/h1-8,45-46H,9-12H2. The van der Waals surface area contributed by atoms with Crippen LogP contribution in [-0.2, 0) is 18.9 Å². The molecule has 0 atom stereocenters. The van der Waals surface area contributed by atoms with Gasteiger partial charge in [-0.15, -0.1) is 0 Å². The maximum Gasteiger partial charge on any atom is 0.422 e. The number of fused-ring (bicyclic) bond motifs is 8. The molecule has 3 aromatic rings. The smallest absolute Gasteiger partial charge is 0.422 e. The van der Waals surface area contributed by atoms with Gasteiger partial charge in [0.25, 0.3) is 0 Å². The highest BCUT2D eigenvalue weighted by atomic mass is 19.4. The molecule has 0 fully saturated rings. The first-order valence-electron chi connectivity index (χ1n) is 15.0. The van der Waals surface area contributed by atoms with Crippen molar-refractivity contribution in [1.29, 1.82) is 0 Å². The predicted molar refractivity (Wildman–Crippen MR) is 164 cm³/mol. The van der Waals surface area contributed by atoms with E-state index in [9.17, 15) is 71.9 Å². The summed E-state index contributed by atoms with van der Waals surface area (Å²) in [6.07, 6.45) is -16.8. The summed E-state index contributed by atoms with van der Waals surface area (Å²) in [5, 5.41) is 0. The van der Waals surface area contributed by atoms with Crippen LogP contribution in [0.15, 0.2) is 24.3 Å². The van der Waals surface area contributed by atoms with E-state index >= 15 is 0 Å². The molecule has 0 aromatic carbocycles. The van der Waals surface area contributed by atoms with Crippen LogP contribution in [0.1, 0.15) is 64.2 Å². The predicted octanol–water partition coefficient (Wildman–Crippen LogP) is 7.53. The van der Waals surface area contributed by atoms with Gasteiger partial charge in [0.15, 0.2) is 26.4 Å². The number of halogens is 12. The highest BCUT2D eigenvalue weighted by Crippen LogP contribution is 2.30. The lowest BCUT2D eigenvalue weighted by Gasteiger charge is -2.10. The lowest BCUT2D eigenvalue weighted by Crippen LogP contribution is -2.21. The molecule has 0 unspecified atom stereocenters. The summed E-state index contributed by atoms with van der Waals surface area (Å²) in [5.41, 5.74) is -8.12. The Bertz CT molecular complexity index is 2190. The average Bonchev–Trinajstić information content (AvgIpc) is 3.90. The van der Waals surface area contributed by atoms with Gasteiger partial charge in [0, 0.05) is 0 Å². The van der Waals surface area contributed by atoms with E-state index in [1.807, 2.05) is 0 Å². The molecule has 298 valence electrons. The SMILES string of the molecule is O=C(OCC(F)(F)F)c1c2nc(c(C(=O)OCC(F)(F)F)c3ccc([nH]3)c(C(=O)OCC(F)(F)F)c3ccc([nH]3)c(C(=O)OCC(F)(F)F)c3nc1C=C3)C=C2. The van der Waals surface area contributed by atoms with Crippen molar-refractivity contribution >= 4 is 70.2 Å². The minimum atomic E-state index is -5.08. The fourth-order valence-corrected chi connectivity index (χ4v) is 4.94. The normalized spacial score (nSPS) is 13.1. The maximum absolute atomic E-state index is 13.2. The topological polar surface area (TPSA) is 163 Å². The summed E-state index contributed by atoms with van der Waals surface area (Å²) in [7, 11) is 0. The Morgan fingerprint density at radius 2 is 0.643 bits per heavy atom. The highest BCUT2D eigenvalue weighted by Gasteiger charge is 2.35. The molecular formula is C32H18F12N4O8. The lowest BCUT2D eigenvalue weighted by atomic mass is 10.1. The molecule has 0 radical (unpaired) electrons. The van der Waals surface area contributed by atoms with E-state index in [1.54, 1.807) is 0 Å². The van der Waals surface area contributed by atoms with Gasteiger partial charge in [-0.1, -0.05) is 0 Å². The number of nitrogens with one attached hydrogen (secondary N) is 2. The van der Waals surface area contributed by atoms with E-state index in [4.69, 9.17) is 0 Å². The van der Waals surface area contributed by atoms with Crippen LogP contribution in [0.3, 0.4) is 0 Å². The fourth-order valence-electron chi connectivity index (χ4n) is 4.94. The summed E-state index contributed by atoms with van der Waals surface area (Å²) in [5.74, 6) is -7.01. The molecule has 2 aliphatic heterocycles. The van der Waals surface area contributed by atoms with Gasteiger partial charge in [0.1, 0.15) is 22.3 Å². The van der Waals surface area contributed by atoms with Gasteiger partial charge >= 0.3 is 48.6 Å². The molecule has 12 nitrogen and oxygen atoms in total. The Morgan fingerprint density at radius 3 is 0.929 bits per heavy atom. The van der Waals surface area contributed by atoms with Gasteiger partial charge in [-0.3, -0.25) is 0 Å². The Labute approximate surface area is 301 Å². The average molecular weight is 814 g/mol. The number of carbonyl (C=O) groups is 4. The number of nitrogens with zero attached hydrogens (tertiary/aromatic N) is 2. The third kappa shape index (κ3) is 10.0. The number of rotatable bonds is 8. The quantitative estimate of drug-likeness (QED) is 0.0910. The molecule has 2 aliphatic rings. The molecule has 8 bridgehead atoms. The summed E-state index contributed by atoms with van der Waals surface area (Å²) in [4.78, 5) is 65.5. The van der Waals surface area contributed by atoms with E-state index in [-0.39, 0.29) is 0 Å². The van der Waals surface area contributed by atoms with Crippen molar-refractivity contribution in [3.8, 4) is 0 Å². The minimum Gasteiger partial charge on any atom is -0.452 e.